The molecule has 2 rings (SSSR count). The van der Waals surface area contributed by atoms with E-state index in [0.717, 1.165) is 5.84 Å². The number of hydrogen-bond donors (Lipinski definition) is 2. The summed E-state index contributed by atoms with van der Waals surface area (Å²) in [5.74, 6) is 0.966. The average molecular weight is 314 g/mol. The Morgan fingerprint density at radius 1 is 1.29 bits per heavy atom. The Morgan fingerprint density at radius 3 is 2.48 bits per heavy atom. The molecular formula is C14H26N4O2S. The minimum Gasteiger partial charge on any atom is -0.332 e. The van der Waals surface area contributed by atoms with Gasteiger partial charge in [0, 0.05) is 30.2 Å². The Balaban J connectivity index is 2.12. The van der Waals surface area contributed by atoms with Gasteiger partial charge in [0.1, 0.15) is 5.84 Å². The summed E-state index contributed by atoms with van der Waals surface area (Å²) in [5.41, 5.74) is 1.95. The normalized spacial score (nSPS) is 27.0. The first-order valence-corrected chi connectivity index (χ1v) is 8.79. The van der Waals surface area contributed by atoms with E-state index in [-0.39, 0.29) is 12.1 Å². The zero-order valence-corrected chi connectivity index (χ0v) is 14.5. The summed E-state index contributed by atoms with van der Waals surface area (Å²) in [5, 5.41) is 0. The molecule has 0 aliphatic carbocycles. The van der Waals surface area contributed by atoms with Gasteiger partial charge in [0.05, 0.1) is 6.04 Å². The van der Waals surface area contributed by atoms with Crippen LogP contribution in [0.3, 0.4) is 0 Å². The van der Waals surface area contributed by atoms with Gasteiger partial charge in [0.15, 0.2) is 0 Å². The van der Waals surface area contributed by atoms with Crippen molar-refractivity contribution in [3.05, 3.63) is 11.3 Å². The lowest BCUT2D eigenvalue weighted by molar-refractivity contribution is 0.469. The molecule has 1 fully saturated rings. The monoisotopic (exact) mass is 314 g/mol. The molecule has 2 atom stereocenters. The van der Waals surface area contributed by atoms with Crippen molar-refractivity contribution in [3.63, 3.8) is 0 Å². The van der Waals surface area contributed by atoms with Crippen LogP contribution in [-0.4, -0.2) is 43.3 Å². The van der Waals surface area contributed by atoms with Gasteiger partial charge in [-0.15, -0.1) is 0 Å². The highest BCUT2D eigenvalue weighted by molar-refractivity contribution is 7.87. The number of nitrogens with one attached hydrogen (secondary N) is 2. The minimum atomic E-state index is -3.50. The molecule has 0 amide bonds. The van der Waals surface area contributed by atoms with Crippen molar-refractivity contribution < 1.29 is 8.42 Å². The van der Waals surface area contributed by atoms with Crippen LogP contribution in [0, 0.1) is 0 Å². The van der Waals surface area contributed by atoms with E-state index < -0.39 is 15.7 Å². The van der Waals surface area contributed by atoms with E-state index in [0.29, 0.717) is 13.0 Å². The second-order valence-electron chi connectivity index (χ2n) is 6.97. The highest BCUT2D eigenvalue weighted by Crippen LogP contribution is 2.31. The summed E-state index contributed by atoms with van der Waals surface area (Å²) in [6, 6.07) is 0.0598. The number of hydrogen-bond acceptors (Lipinski definition) is 4. The predicted molar refractivity (Wildman–Crippen MR) is 85.3 cm³/mol. The minimum absolute atomic E-state index is 0.120. The van der Waals surface area contributed by atoms with E-state index in [1.54, 1.807) is 0 Å². The number of aliphatic imine (C=N–C) groups is 1. The maximum absolute atomic E-state index is 12.1. The van der Waals surface area contributed by atoms with Gasteiger partial charge < -0.3 is 4.90 Å². The first kappa shape index (κ1) is 16.5. The fourth-order valence-corrected chi connectivity index (χ4v) is 4.32. The molecule has 6 nitrogen and oxygen atoms in total. The largest absolute Gasteiger partial charge is 0.332 e. The smallest absolute Gasteiger partial charge is 0.277 e. The summed E-state index contributed by atoms with van der Waals surface area (Å²) in [6.07, 6.45) is 0.716. The molecule has 0 aromatic carbocycles. The molecule has 2 aliphatic heterocycles. The molecule has 7 heteroatoms. The number of nitrogens with zero attached hydrogens (tertiary/aromatic N) is 2. The van der Waals surface area contributed by atoms with E-state index >= 15 is 0 Å². The van der Waals surface area contributed by atoms with Crippen LogP contribution >= 0.6 is 0 Å². The second-order valence-corrected chi connectivity index (χ2v) is 8.41. The van der Waals surface area contributed by atoms with E-state index in [9.17, 15) is 8.42 Å². The molecule has 2 aliphatic rings. The van der Waals surface area contributed by atoms with Crippen molar-refractivity contribution in [1.82, 2.24) is 14.3 Å². The van der Waals surface area contributed by atoms with Gasteiger partial charge in [0.25, 0.3) is 10.2 Å². The number of amidine groups is 1. The fraction of sp³-hybridized carbons (Fsp3) is 0.786. The van der Waals surface area contributed by atoms with Gasteiger partial charge in [-0.2, -0.15) is 17.9 Å². The molecule has 2 heterocycles. The first-order chi connectivity index (χ1) is 9.48. The fourth-order valence-electron chi connectivity index (χ4n) is 2.86. The van der Waals surface area contributed by atoms with Gasteiger partial charge in [0.2, 0.25) is 0 Å². The molecule has 0 aromatic rings. The molecule has 120 valence electrons. The molecular weight excluding hydrogens is 288 g/mol. The number of rotatable bonds is 3. The maximum atomic E-state index is 12.1. The van der Waals surface area contributed by atoms with Crippen LogP contribution in [0.2, 0.25) is 0 Å². The molecule has 0 saturated carbocycles. The van der Waals surface area contributed by atoms with Crippen molar-refractivity contribution in [2.75, 3.05) is 6.54 Å². The average Bonchev–Trinajstić information content (AvgIpc) is 2.66. The van der Waals surface area contributed by atoms with Crippen LogP contribution in [0.25, 0.3) is 0 Å². The molecule has 2 N–H and O–H groups in total. The van der Waals surface area contributed by atoms with Gasteiger partial charge in [-0.3, -0.25) is 4.99 Å². The topological polar surface area (TPSA) is 73.8 Å². The maximum Gasteiger partial charge on any atom is 0.277 e. The Hall–Kier alpha value is -0.920. The third-order valence-electron chi connectivity index (χ3n) is 3.78. The standard InChI is InChI=1S/C14H26N4O2S/c1-9-10(2)15-11(3)18-8-12(7-13(9)18)16-21(19,20)17-14(4,5)6/h10,12,16-17H,7-8H2,1-6H3/t10-,12-/m0/s1. The Kier molecular flexibility index (Phi) is 4.21. The Labute approximate surface area is 127 Å². The molecule has 1 saturated heterocycles. The Bertz CT molecular complexity index is 587. The second kappa shape index (κ2) is 5.37. The SMILES string of the molecule is CC1=N[C@@H](C)C(C)=C2C[C@H](NS(=O)(=O)NC(C)(C)C)CN12. The lowest BCUT2D eigenvalue weighted by Gasteiger charge is -2.28. The van der Waals surface area contributed by atoms with Gasteiger partial charge in [-0.1, -0.05) is 0 Å². The molecule has 0 aromatic heterocycles. The van der Waals surface area contributed by atoms with Crippen molar-refractivity contribution in [3.8, 4) is 0 Å². The van der Waals surface area contributed by atoms with Crippen LogP contribution in [0.5, 0.6) is 0 Å². The quantitative estimate of drug-likeness (QED) is 0.826. The molecule has 21 heavy (non-hydrogen) atoms. The number of fused-ring (bicyclic) bond motifs is 1. The van der Waals surface area contributed by atoms with Crippen LogP contribution in [0.1, 0.15) is 48.0 Å². The van der Waals surface area contributed by atoms with E-state index in [1.165, 1.54) is 11.3 Å². The third kappa shape index (κ3) is 3.84. The van der Waals surface area contributed by atoms with Gasteiger partial charge >= 0.3 is 0 Å². The first-order valence-electron chi connectivity index (χ1n) is 7.31. The summed E-state index contributed by atoms with van der Waals surface area (Å²) in [7, 11) is -3.50. The highest BCUT2D eigenvalue weighted by atomic mass is 32.2. The summed E-state index contributed by atoms with van der Waals surface area (Å²) < 4.78 is 29.7. The highest BCUT2D eigenvalue weighted by Gasteiger charge is 2.35. The summed E-state index contributed by atoms with van der Waals surface area (Å²) in [4.78, 5) is 6.71. The predicted octanol–water partition coefficient (Wildman–Crippen LogP) is 1.38. The third-order valence-corrected chi connectivity index (χ3v) is 5.31. The summed E-state index contributed by atoms with van der Waals surface area (Å²) in [6.45, 7) is 12.3. The Morgan fingerprint density at radius 2 is 1.90 bits per heavy atom. The van der Waals surface area contributed by atoms with Gasteiger partial charge in [-0.25, -0.2) is 0 Å². The zero-order chi connectivity index (χ0) is 16.0. The van der Waals surface area contributed by atoms with E-state index in [4.69, 9.17) is 0 Å². The summed E-state index contributed by atoms with van der Waals surface area (Å²) >= 11 is 0. The van der Waals surface area contributed by atoms with Crippen LogP contribution in [0.15, 0.2) is 16.3 Å². The lowest BCUT2D eigenvalue weighted by atomic mass is 10.0. The van der Waals surface area contributed by atoms with Crippen LogP contribution < -0.4 is 9.44 Å². The van der Waals surface area contributed by atoms with Crippen LogP contribution in [-0.2, 0) is 10.2 Å². The zero-order valence-electron chi connectivity index (χ0n) is 13.7. The lowest BCUT2D eigenvalue weighted by Crippen LogP contribution is -2.50. The van der Waals surface area contributed by atoms with Crippen molar-refractivity contribution >= 4 is 16.0 Å². The molecule has 0 unspecified atom stereocenters. The van der Waals surface area contributed by atoms with Crippen molar-refractivity contribution in [2.45, 2.75) is 65.6 Å². The molecule has 0 bridgehead atoms. The van der Waals surface area contributed by atoms with E-state index in [1.807, 2.05) is 27.7 Å². The van der Waals surface area contributed by atoms with Gasteiger partial charge in [-0.05, 0) is 47.1 Å². The molecule has 0 spiro atoms. The molecule has 0 radical (unpaired) electrons. The van der Waals surface area contributed by atoms with E-state index in [2.05, 4.69) is 33.2 Å². The van der Waals surface area contributed by atoms with Crippen molar-refractivity contribution in [1.29, 1.82) is 0 Å². The van der Waals surface area contributed by atoms with Crippen molar-refractivity contribution in [2.24, 2.45) is 4.99 Å². The van der Waals surface area contributed by atoms with Crippen LogP contribution in [0.4, 0.5) is 0 Å².